The van der Waals surface area contributed by atoms with E-state index in [1.807, 2.05) is 19.1 Å². The highest BCUT2D eigenvalue weighted by Gasteiger charge is 2.14. The number of hydrogen-bond acceptors (Lipinski definition) is 3. The van der Waals surface area contributed by atoms with Gasteiger partial charge >= 0.3 is 0 Å². The molecule has 1 aromatic heterocycles. The maximum absolute atomic E-state index is 10.8. The van der Waals surface area contributed by atoms with Crippen LogP contribution >= 0.6 is 33.9 Å². The number of aryl methyl sites for hydroxylation is 1. The Morgan fingerprint density at radius 2 is 2.14 bits per heavy atom. The van der Waals surface area contributed by atoms with Gasteiger partial charge in [0.1, 0.15) is 0 Å². The van der Waals surface area contributed by atoms with Crippen molar-refractivity contribution in [2.75, 3.05) is 0 Å². The van der Waals surface area contributed by atoms with E-state index in [1.165, 1.54) is 0 Å². The number of nitro groups is 1. The Labute approximate surface area is 98.0 Å². The minimum Gasteiger partial charge on any atom is -0.258 e. The zero-order valence-electron chi connectivity index (χ0n) is 7.28. The van der Waals surface area contributed by atoms with Crippen molar-refractivity contribution in [1.82, 2.24) is 0 Å². The van der Waals surface area contributed by atoms with Crippen LogP contribution in [0.1, 0.15) is 4.88 Å². The van der Waals surface area contributed by atoms with E-state index in [0.29, 0.717) is 0 Å². The van der Waals surface area contributed by atoms with Gasteiger partial charge in [0.25, 0.3) is 5.69 Å². The summed E-state index contributed by atoms with van der Waals surface area (Å²) >= 11 is 3.69. The number of non-ortho nitro benzene ring substituents is 1. The summed E-state index contributed by atoms with van der Waals surface area (Å²) in [4.78, 5) is 11.6. The molecule has 0 radical (unpaired) electrons. The number of thiophene rings is 1. The van der Waals surface area contributed by atoms with Gasteiger partial charge in [-0.05, 0) is 41.6 Å². The monoisotopic (exact) mass is 319 g/mol. The van der Waals surface area contributed by atoms with Gasteiger partial charge in [-0.15, -0.1) is 11.3 Å². The molecule has 3 nitrogen and oxygen atoms in total. The van der Waals surface area contributed by atoms with E-state index in [4.69, 9.17) is 0 Å². The van der Waals surface area contributed by atoms with Crippen LogP contribution in [0.4, 0.5) is 5.69 Å². The second-order valence-electron chi connectivity index (χ2n) is 2.95. The standard InChI is InChI=1S/C9H6INO2S/c1-5-2-7-8(11(12)13)3-6(10)4-9(7)14-5/h2-4H,1H3. The molecule has 1 heterocycles. The summed E-state index contributed by atoms with van der Waals surface area (Å²) in [7, 11) is 0. The maximum atomic E-state index is 10.8. The Kier molecular flexibility index (Phi) is 2.44. The van der Waals surface area contributed by atoms with Crippen LogP contribution in [0.3, 0.4) is 0 Å². The minimum atomic E-state index is -0.323. The zero-order chi connectivity index (χ0) is 10.3. The van der Waals surface area contributed by atoms with Gasteiger partial charge < -0.3 is 0 Å². The summed E-state index contributed by atoms with van der Waals surface area (Å²) in [6.07, 6.45) is 0. The first-order chi connectivity index (χ1) is 6.58. The van der Waals surface area contributed by atoms with Gasteiger partial charge in [-0.2, -0.15) is 0 Å². The lowest BCUT2D eigenvalue weighted by Gasteiger charge is -1.94. The number of hydrogen-bond donors (Lipinski definition) is 0. The number of rotatable bonds is 1. The minimum absolute atomic E-state index is 0.205. The molecule has 0 atom stereocenters. The molecule has 0 spiro atoms. The normalized spacial score (nSPS) is 10.7. The van der Waals surface area contributed by atoms with E-state index in [2.05, 4.69) is 22.6 Å². The maximum Gasteiger partial charge on any atom is 0.279 e. The van der Waals surface area contributed by atoms with Gasteiger partial charge in [-0.3, -0.25) is 10.1 Å². The van der Waals surface area contributed by atoms with Crippen LogP contribution in [0, 0.1) is 20.6 Å². The number of benzene rings is 1. The van der Waals surface area contributed by atoms with E-state index < -0.39 is 0 Å². The van der Waals surface area contributed by atoms with Crippen molar-refractivity contribution in [1.29, 1.82) is 0 Å². The van der Waals surface area contributed by atoms with Crippen LogP contribution in [-0.4, -0.2) is 4.92 Å². The Morgan fingerprint density at radius 3 is 2.79 bits per heavy atom. The molecule has 14 heavy (non-hydrogen) atoms. The molecule has 2 rings (SSSR count). The fourth-order valence-corrected chi connectivity index (χ4v) is 3.17. The molecule has 0 aliphatic rings. The van der Waals surface area contributed by atoms with Crippen molar-refractivity contribution in [2.24, 2.45) is 0 Å². The average molecular weight is 319 g/mol. The number of fused-ring (bicyclic) bond motifs is 1. The molecule has 0 saturated carbocycles. The van der Waals surface area contributed by atoms with E-state index >= 15 is 0 Å². The predicted octanol–water partition coefficient (Wildman–Crippen LogP) is 3.72. The molecule has 5 heteroatoms. The number of nitrogens with zero attached hydrogens (tertiary/aromatic N) is 1. The quantitative estimate of drug-likeness (QED) is 0.457. The summed E-state index contributed by atoms with van der Waals surface area (Å²) in [6, 6.07) is 5.45. The topological polar surface area (TPSA) is 43.1 Å². The van der Waals surface area contributed by atoms with E-state index in [1.54, 1.807) is 17.4 Å². The molecule has 0 fully saturated rings. The van der Waals surface area contributed by atoms with Crippen molar-refractivity contribution in [3.8, 4) is 0 Å². The van der Waals surface area contributed by atoms with Crippen molar-refractivity contribution in [3.05, 3.63) is 36.8 Å². The van der Waals surface area contributed by atoms with E-state index in [0.717, 1.165) is 18.5 Å². The molecule has 2 aromatic rings. The fourth-order valence-electron chi connectivity index (χ4n) is 1.37. The molecular formula is C9H6INO2S. The van der Waals surface area contributed by atoms with Gasteiger partial charge in [-0.1, -0.05) is 0 Å². The SMILES string of the molecule is Cc1cc2c([N+](=O)[O-])cc(I)cc2s1. The number of nitro benzene ring substituents is 1. The van der Waals surface area contributed by atoms with Crippen molar-refractivity contribution in [3.63, 3.8) is 0 Å². The van der Waals surface area contributed by atoms with Crippen molar-refractivity contribution in [2.45, 2.75) is 6.92 Å². The largest absolute Gasteiger partial charge is 0.279 e. The van der Waals surface area contributed by atoms with Gasteiger partial charge in [-0.25, -0.2) is 0 Å². The Balaban J connectivity index is 2.85. The van der Waals surface area contributed by atoms with Crippen LogP contribution in [0.5, 0.6) is 0 Å². The van der Waals surface area contributed by atoms with Crippen LogP contribution in [0.2, 0.25) is 0 Å². The first-order valence-electron chi connectivity index (χ1n) is 3.92. The number of halogens is 1. The highest BCUT2D eigenvalue weighted by molar-refractivity contribution is 14.1. The predicted molar refractivity (Wildman–Crippen MR) is 65.9 cm³/mol. The third-order valence-corrected chi connectivity index (χ3v) is 3.52. The molecule has 0 bridgehead atoms. The molecule has 0 N–H and O–H groups in total. The lowest BCUT2D eigenvalue weighted by atomic mass is 10.2. The third-order valence-electron chi connectivity index (χ3n) is 1.90. The fraction of sp³-hybridized carbons (Fsp3) is 0.111. The second kappa shape index (κ2) is 3.47. The lowest BCUT2D eigenvalue weighted by molar-refractivity contribution is -0.383. The van der Waals surface area contributed by atoms with Crippen LogP contribution < -0.4 is 0 Å². The highest BCUT2D eigenvalue weighted by Crippen LogP contribution is 2.33. The second-order valence-corrected chi connectivity index (χ2v) is 5.48. The van der Waals surface area contributed by atoms with Gasteiger partial charge in [0.2, 0.25) is 0 Å². The van der Waals surface area contributed by atoms with E-state index in [9.17, 15) is 10.1 Å². The zero-order valence-corrected chi connectivity index (χ0v) is 10.3. The molecule has 0 unspecified atom stereocenters. The molecular weight excluding hydrogens is 313 g/mol. The van der Waals surface area contributed by atoms with Gasteiger partial charge in [0.05, 0.1) is 10.3 Å². The summed E-state index contributed by atoms with van der Waals surface area (Å²) in [5.74, 6) is 0. The van der Waals surface area contributed by atoms with Crippen molar-refractivity contribution < 1.29 is 4.92 Å². The average Bonchev–Trinajstić information content (AvgIpc) is 2.42. The van der Waals surface area contributed by atoms with Gasteiger partial charge in [0.15, 0.2) is 0 Å². The van der Waals surface area contributed by atoms with Gasteiger partial charge in [0, 0.05) is 19.2 Å². The molecule has 72 valence electrons. The molecule has 1 aromatic carbocycles. The summed E-state index contributed by atoms with van der Waals surface area (Å²) in [5.41, 5.74) is 0.205. The first kappa shape index (κ1) is 9.85. The van der Waals surface area contributed by atoms with Crippen molar-refractivity contribution >= 4 is 49.7 Å². The van der Waals surface area contributed by atoms with Crippen LogP contribution in [0.15, 0.2) is 18.2 Å². The third kappa shape index (κ3) is 1.61. The molecule has 0 aliphatic carbocycles. The molecule has 0 amide bonds. The lowest BCUT2D eigenvalue weighted by Crippen LogP contribution is -1.88. The Hall–Kier alpha value is -0.690. The smallest absolute Gasteiger partial charge is 0.258 e. The van der Waals surface area contributed by atoms with Crippen LogP contribution in [-0.2, 0) is 0 Å². The molecule has 0 saturated heterocycles. The summed E-state index contributed by atoms with van der Waals surface area (Å²) in [5, 5.41) is 11.5. The first-order valence-corrected chi connectivity index (χ1v) is 5.81. The highest BCUT2D eigenvalue weighted by atomic mass is 127. The summed E-state index contributed by atoms with van der Waals surface area (Å²) in [6.45, 7) is 1.96. The summed E-state index contributed by atoms with van der Waals surface area (Å²) < 4.78 is 1.89. The Morgan fingerprint density at radius 1 is 1.43 bits per heavy atom. The van der Waals surface area contributed by atoms with E-state index in [-0.39, 0.29) is 10.6 Å². The Bertz CT molecular complexity index is 521. The van der Waals surface area contributed by atoms with Crippen LogP contribution in [0.25, 0.3) is 10.1 Å². The molecule has 0 aliphatic heterocycles.